The minimum absolute atomic E-state index is 0.195. The molecule has 0 aliphatic heterocycles. The molecule has 1 aliphatic carbocycles. The lowest BCUT2D eigenvalue weighted by atomic mass is 10.0. The summed E-state index contributed by atoms with van der Waals surface area (Å²) >= 11 is 0. The second-order valence-corrected chi connectivity index (χ2v) is 5.87. The largest absolute Gasteiger partial charge is 0.294 e. The molecule has 21 heavy (non-hydrogen) atoms. The van der Waals surface area contributed by atoms with E-state index in [1.165, 1.54) is 16.7 Å². The van der Waals surface area contributed by atoms with E-state index in [1.807, 2.05) is 0 Å². The van der Waals surface area contributed by atoms with Gasteiger partial charge in [0.15, 0.2) is 5.78 Å². The lowest BCUT2D eigenvalue weighted by Gasteiger charge is -2.08. The molecule has 1 aliphatic rings. The number of fused-ring (bicyclic) bond motifs is 1. The molecule has 0 N–H and O–H groups in total. The van der Waals surface area contributed by atoms with Gasteiger partial charge in [-0.25, -0.2) is 9.97 Å². The Bertz CT molecular complexity index is 692. The van der Waals surface area contributed by atoms with E-state index in [2.05, 4.69) is 42.0 Å². The molecular formula is C18H20N2O. The number of ketones is 1. The van der Waals surface area contributed by atoms with Crippen LogP contribution in [0.4, 0.5) is 0 Å². The van der Waals surface area contributed by atoms with Gasteiger partial charge in [-0.3, -0.25) is 4.79 Å². The van der Waals surface area contributed by atoms with Crippen molar-refractivity contribution in [3.63, 3.8) is 0 Å². The van der Waals surface area contributed by atoms with Crippen molar-refractivity contribution in [2.45, 2.75) is 46.0 Å². The summed E-state index contributed by atoms with van der Waals surface area (Å²) in [5.74, 6) is 1.01. The maximum Gasteiger partial charge on any atom is 0.166 e. The number of hydrogen-bond donors (Lipinski definition) is 0. The Labute approximate surface area is 125 Å². The summed E-state index contributed by atoms with van der Waals surface area (Å²) in [4.78, 5) is 21.0. The van der Waals surface area contributed by atoms with Gasteiger partial charge in [0.25, 0.3) is 0 Å². The third kappa shape index (κ3) is 3.02. The maximum atomic E-state index is 12.0. The average Bonchev–Trinajstić information content (AvgIpc) is 2.65. The molecule has 0 fully saturated rings. The zero-order valence-electron chi connectivity index (χ0n) is 12.6. The molecule has 3 nitrogen and oxygen atoms in total. The Kier molecular flexibility index (Phi) is 3.82. The van der Waals surface area contributed by atoms with E-state index in [0.717, 1.165) is 42.8 Å². The fourth-order valence-electron chi connectivity index (χ4n) is 2.78. The maximum absolute atomic E-state index is 12.0. The van der Waals surface area contributed by atoms with Crippen molar-refractivity contribution < 1.29 is 4.79 Å². The van der Waals surface area contributed by atoms with Crippen molar-refractivity contribution in [1.82, 2.24) is 9.97 Å². The first-order valence-corrected chi connectivity index (χ1v) is 7.57. The van der Waals surface area contributed by atoms with Crippen molar-refractivity contribution in [3.8, 4) is 0 Å². The predicted octanol–water partition coefficient (Wildman–Crippen LogP) is 3.59. The fraction of sp³-hybridized carbons (Fsp3) is 0.389. The molecule has 0 amide bonds. The standard InChI is InChI=1S/C18H20N2O/c1-12-7-8-14(9-13(12)2)10-18-19-11-15-16(20-18)5-3-4-6-17(15)21/h7-9,11H,3-6,10H2,1-2H3. The van der Waals surface area contributed by atoms with Crippen LogP contribution in [-0.4, -0.2) is 15.8 Å². The normalized spacial score (nSPS) is 14.7. The zero-order chi connectivity index (χ0) is 14.8. The third-order valence-corrected chi connectivity index (χ3v) is 4.22. The number of aryl methyl sites for hydroxylation is 3. The first kappa shape index (κ1) is 13.9. The molecule has 0 radical (unpaired) electrons. The summed E-state index contributed by atoms with van der Waals surface area (Å²) in [5.41, 5.74) is 5.48. The van der Waals surface area contributed by atoms with Gasteiger partial charge in [0, 0.05) is 19.0 Å². The van der Waals surface area contributed by atoms with Gasteiger partial charge in [0.05, 0.1) is 11.3 Å². The minimum atomic E-state index is 0.195. The van der Waals surface area contributed by atoms with E-state index in [1.54, 1.807) is 6.20 Å². The van der Waals surface area contributed by atoms with Crippen LogP contribution in [0.5, 0.6) is 0 Å². The summed E-state index contributed by atoms with van der Waals surface area (Å²) in [6.45, 7) is 4.24. The Balaban J connectivity index is 1.88. The van der Waals surface area contributed by atoms with Gasteiger partial charge in [0.2, 0.25) is 0 Å². The van der Waals surface area contributed by atoms with Gasteiger partial charge in [-0.15, -0.1) is 0 Å². The minimum Gasteiger partial charge on any atom is -0.294 e. The number of Topliss-reactive ketones (excluding diaryl/α,β-unsaturated/α-hetero) is 1. The molecule has 0 saturated carbocycles. The fourth-order valence-corrected chi connectivity index (χ4v) is 2.78. The summed E-state index contributed by atoms with van der Waals surface area (Å²) < 4.78 is 0. The lowest BCUT2D eigenvalue weighted by Crippen LogP contribution is -2.07. The van der Waals surface area contributed by atoms with Crippen LogP contribution in [0.2, 0.25) is 0 Å². The Morgan fingerprint density at radius 1 is 1.10 bits per heavy atom. The third-order valence-electron chi connectivity index (χ3n) is 4.22. The summed E-state index contributed by atoms with van der Waals surface area (Å²) in [6.07, 6.45) is 5.98. The molecule has 3 heteroatoms. The van der Waals surface area contributed by atoms with E-state index in [-0.39, 0.29) is 5.78 Å². The number of carbonyl (C=O) groups excluding carboxylic acids is 1. The van der Waals surface area contributed by atoms with Crippen molar-refractivity contribution in [2.75, 3.05) is 0 Å². The molecule has 0 saturated heterocycles. The van der Waals surface area contributed by atoms with Crippen molar-refractivity contribution in [1.29, 1.82) is 0 Å². The molecule has 1 heterocycles. The van der Waals surface area contributed by atoms with Crippen LogP contribution < -0.4 is 0 Å². The summed E-state index contributed by atoms with van der Waals surface area (Å²) in [7, 11) is 0. The van der Waals surface area contributed by atoms with Crippen LogP contribution in [0.1, 0.15) is 57.8 Å². The topological polar surface area (TPSA) is 42.9 Å². The van der Waals surface area contributed by atoms with E-state index in [0.29, 0.717) is 6.42 Å². The van der Waals surface area contributed by atoms with Gasteiger partial charge >= 0.3 is 0 Å². The van der Waals surface area contributed by atoms with Crippen LogP contribution >= 0.6 is 0 Å². The van der Waals surface area contributed by atoms with Gasteiger partial charge < -0.3 is 0 Å². The highest BCUT2D eigenvalue weighted by atomic mass is 16.1. The Morgan fingerprint density at radius 2 is 1.90 bits per heavy atom. The van der Waals surface area contributed by atoms with E-state index >= 15 is 0 Å². The van der Waals surface area contributed by atoms with Crippen LogP contribution in [0.3, 0.4) is 0 Å². The molecule has 108 valence electrons. The van der Waals surface area contributed by atoms with Crippen molar-refractivity contribution in [2.24, 2.45) is 0 Å². The van der Waals surface area contributed by atoms with Crippen molar-refractivity contribution >= 4 is 5.78 Å². The van der Waals surface area contributed by atoms with E-state index in [4.69, 9.17) is 0 Å². The van der Waals surface area contributed by atoms with Crippen LogP contribution in [0.25, 0.3) is 0 Å². The highest BCUT2D eigenvalue weighted by molar-refractivity contribution is 5.97. The number of hydrogen-bond acceptors (Lipinski definition) is 3. The summed E-state index contributed by atoms with van der Waals surface area (Å²) in [6, 6.07) is 6.45. The van der Waals surface area contributed by atoms with Gasteiger partial charge in [-0.05, 0) is 49.8 Å². The number of rotatable bonds is 2. The van der Waals surface area contributed by atoms with E-state index in [9.17, 15) is 4.79 Å². The predicted molar refractivity (Wildman–Crippen MR) is 82.6 cm³/mol. The SMILES string of the molecule is Cc1ccc(Cc2ncc3c(n2)CCCCC3=O)cc1C. The molecule has 0 unspecified atom stereocenters. The first-order chi connectivity index (χ1) is 10.1. The highest BCUT2D eigenvalue weighted by Crippen LogP contribution is 2.19. The first-order valence-electron chi connectivity index (χ1n) is 7.57. The molecule has 1 aromatic heterocycles. The quantitative estimate of drug-likeness (QED) is 0.789. The Hall–Kier alpha value is -2.03. The smallest absolute Gasteiger partial charge is 0.166 e. The number of nitrogens with zero attached hydrogens (tertiary/aromatic N) is 2. The average molecular weight is 280 g/mol. The second kappa shape index (κ2) is 5.76. The zero-order valence-corrected chi connectivity index (χ0v) is 12.6. The van der Waals surface area contributed by atoms with Crippen LogP contribution in [0.15, 0.2) is 24.4 Å². The van der Waals surface area contributed by atoms with E-state index < -0.39 is 0 Å². The number of aromatic nitrogens is 2. The Morgan fingerprint density at radius 3 is 2.71 bits per heavy atom. The molecule has 2 aromatic rings. The van der Waals surface area contributed by atoms with Crippen LogP contribution in [0, 0.1) is 13.8 Å². The number of carbonyl (C=O) groups is 1. The molecule has 0 spiro atoms. The lowest BCUT2D eigenvalue weighted by molar-refractivity contribution is 0.0981. The van der Waals surface area contributed by atoms with Gasteiger partial charge in [-0.2, -0.15) is 0 Å². The number of benzene rings is 1. The molecule has 0 bridgehead atoms. The molecular weight excluding hydrogens is 260 g/mol. The highest BCUT2D eigenvalue weighted by Gasteiger charge is 2.17. The van der Waals surface area contributed by atoms with Gasteiger partial charge in [-0.1, -0.05) is 18.2 Å². The second-order valence-electron chi connectivity index (χ2n) is 5.87. The van der Waals surface area contributed by atoms with Gasteiger partial charge in [0.1, 0.15) is 5.82 Å². The molecule has 1 aromatic carbocycles. The molecule has 3 rings (SSSR count). The molecule has 0 atom stereocenters. The monoisotopic (exact) mass is 280 g/mol. The summed E-state index contributed by atoms with van der Waals surface area (Å²) in [5, 5.41) is 0. The van der Waals surface area contributed by atoms with Crippen molar-refractivity contribution in [3.05, 3.63) is 58.2 Å². The van der Waals surface area contributed by atoms with Crippen LogP contribution in [-0.2, 0) is 12.8 Å².